The highest BCUT2D eigenvalue weighted by atomic mass is 35.5. The predicted octanol–water partition coefficient (Wildman–Crippen LogP) is 4.23. The molecule has 0 radical (unpaired) electrons. The monoisotopic (exact) mass is 304 g/mol. The quantitative estimate of drug-likeness (QED) is 0.865. The average Bonchev–Trinajstić information content (AvgIpc) is 2.54. The Morgan fingerprint density at radius 3 is 2.43 bits per heavy atom. The maximum Gasteiger partial charge on any atom is 0.122 e. The summed E-state index contributed by atoms with van der Waals surface area (Å²) in [6.07, 6.45) is 1.52. The Balaban J connectivity index is 2.44. The molecule has 0 heterocycles. The summed E-state index contributed by atoms with van der Waals surface area (Å²) in [5.74, 6) is 0.807. The lowest BCUT2D eigenvalue weighted by atomic mass is 9.74. The molecular formula is C18H21ClO2. The zero-order valence-corrected chi connectivity index (χ0v) is 13.2. The van der Waals surface area contributed by atoms with E-state index in [4.69, 9.17) is 16.3 Å². The van der Waals surface area contributed by atoms with Crippen LogP contribution in [0.15, 0.2) is 48.5 Å². The van der Waals surface area contributed by atoms with E-state index in [0.29, 0.717) is 11.4 Å². The highest BCUT2D eigenvalue weighted by Gasteiger charge is 2.31. The molecule has 0 fully saturated rings. The highest BCUT2D eigenvalue weighted by Crippen LogP contribution is 2.35. The van der Waals surface area contributed by atoms with Crippen molar-refractivity contribution in [3.8, 4) is 5.75 Å². The molecule has 0 aliphatic heterocycles. The number of ether oxygens (including phenoxy) is 1. The van der Waals surface area contributed by atoms with E-state index in [-0.39, 0.29) is 12.0 Å². The first-order valence-electron chi connectivity index (χ1n) is 7.14. The van der Waals surface area contributed by atoms with Gasteiger partial charge in [0.05, 0.1) is 13.7 Å². The van der Waals surface area contributed by atoms with Crippen molar-refractivity contribution in [1.82, 2.24) is 0 Å². The summed E-state index contributed by atoms with van der Waals surface area (Å²) in [7, 11) is 1.65. The maximum absolute atomic E-state index is 10.1. The van der Waals surface area contributed by atoms with E-state index >= 15 is 0 Å². The van der Waals surface area contributed by atoms with Crippen molar-refractivity contribution < 1.29 is 9.84 Å². The normalized spacial score (nSPS) is 13.7. The summed E-state index contributed by atoms with van der Waals surface area (Å²) < 4.78 is 5.43. The van der Waals surface area contributed by atoms with Crippen molar-refractivity contribution in [3.05, 3.63) is 64.7 Å². The van der Waals surface area contributed by atoms with E-state index in [1.54, 1.807) is 7.11 Å². The van der Waals surface area contributed by atoms with Gasteiger partial charge >= 0.3 is 0 Å². The molecule has 0 saturated carbocycles. The van der Waals surface area contributed by atoms with Gasteiger partial charge in [0.25, 0.3) is 0 Å². The molecule has 2 rings (SSSR count). The van der Waals surface area contributed by atoms with Crippen LogP contribution in [0.5, 0.6) is 5.75 Å². The van der Waals surface area contributed by atoms with Crippen LogP contribution in [0.1, 0.15) is 24.5 Å². The summed E-state index contributed by atoms with van der Waals surface area (Å²) in [5.41, 5.74) is 1.83. The van der Waals surface area contributed by atoms with Crippen molar-refractivity contribution in [2.75, 3.05) is 13.7 Å². The van der Waals surface area contributed by atoms with Crippen LogP contribution >= 0.6 is 11.6 Å². The van der Waals surface area contributed by atoms with Gasteiger partial charge in [-0.25, -0.2) is 0 Å². The molecule has 0 bridgehead atoms. The van der Waals surface area contributed by atoms with Gasteiger partial charge < -0.3 is 9.84 Å². The lowest BCUT2D eigenvalue weighted by molar-refractivity contribution is 0.185. The summed E-state index contributed by atoms with van der Waals surface area (Å²) in [6.45, 7) is 2.18. The molecule has 0 aliphatic rings. The Kier molecular flexibility index (Phi) is 5.27. The summed E-state index contributed by atoms with van der Waals surface area (Å²) in [4.78, 5) is 0. The van der Waals surface area contributed by atoms with Gasteiger partial charge in [0, 0.05) is 10.4 Å². The fourth-order valence-corrected chi connectivity index (χ4v) is 2.93. The number of aliphatic hydroxyl groups is 1. The highest BCUT2D eigenvalue weighted by molar-refractivity contribution is 6.30. The second kappa shape index (κ2) is 6.97. The number of halogens is 1. The summed E-state index contributed by atoms with van der Waals surface area (Å²) in [6, 6.07) is 15.7. The van der Waals surface area contributed by atoms with E-state index in [0.717, 1.165) is 23.3 Å². The number of aliphatic hydroxyl groups excluding tert-OH is 1. The third kappa shape index (κ3) is 3.39. The molecule has 2 nitrogen and oxygen atoms in total. The van der Waals surface area contributed by atoms with Crippen molar-refractivity contribution in [2.24, 2.45) is 0 Å². The van der Waals surface area contributed by atoms with Crippen LogP contribution in [0.4, 0.5) is 0 Å². The molecule has 0 amide bonds. The zero-order chi connectivity index (χ0) is 15.3. The van der Waals surface area contributed by atoms with Gasteiger partial charge in [-0.1, -0.05) is 48.9 Å². The van der Waals surface area contributed by atoms with E-state index < -0.39 is 0 Å². The number of hydrogen-bond acceptors (Lipinski definition) is 2. The Bertz CT molecular complexity index is 577. The van der Waals surface area contributed by atoms with Crippen molar-refractivity contribution in [2.45, 2.75) is 25.2 Å². The molecule has 0 aliphatic carbocycles. The van der Waals surface area contributed by atoms with Gasteiger partial charge in [-0.05, 0) is 42.2 Å². The van der Waals surface area contributed by atoms with Crippen molar-refractivity contribution in [3.63, 3.8) is 0 Å². The number of methoxy groups -OCH3 is 1. The minimum Gasteiger partial charge on any atom is -0.496 e. The van der Waals surface area contributed by atoms with E-state index in [9.17, 15) is 5.11 Å². The van der Waals surface area contributed by atoms with Crippen LogP contribution in [-0.4, -0.2) is 18.8 Å². The molecule has 1 unspecified atom stereocenters. The number of rotatable bonds is 6. The first-order valence-corrected chi connectivity index (χ1v) is 7.52. The standard InChI is InChI=1S/C18H21ClO2/c1-3-18(13-20,15-7-5-4-6-8-15)12-14-11-16(19)9-10-17(14)21-2/h4-11,20H,3,12-13H2,1-2H3. The van der Waals surface area contributed by atoms with Gasteiger partial charge in [0.15, 0.2) is 0 Å². The van der Waals surface area contributed by atoms with Gasteiger partial charge in [-0.3, -0.25) is 0 Å². The van der Waals surface area contributed by atoms with Gasteiger partial charge in [-0.15, -0.1) is 0 Å². The average molecular weight is 305 g/mol. The molecule has 0 saturated heterocycles. The van der Waals surface area contributed by atoms with E-state index in [1.807, 2.05) is 36.4 Å². The Morgan fingerprint density at radius 1 is 1.14 bits per heavy atom. The second-order valence-electron chi connectivity index (χ2n) is 5.29. The summed E-state index contributed by atoms with van der Waals surface area (Å²) >= 11 is 6.12. The van der Waals surface area contributed by atoms with E-state index in [2.05, 4.69) is 19.1 Å². The first kappa shape index (κ1) is 15.9. The van der Waals surface area contributed by atoms with Gasteiger partial charge in [-0.2, -0.15) is 0 Å². The zero-order valence-electron chi connectivity index (χ0n) is 12.5. The predicted molar refractivity (Wildman–Crippen MR) is 87.2 cm³/mol. The van der Waals surface area contributed by atoms with Crippen molar-refractivity contribution in [1.29, 1.82) is 0 Å². The van der Waals surface area contributed by atoms with Crippen LogP contribution in [-0.2, 0) is 11.8 Å². The van der Waals surface area contributed by atoms with Crippen molar-refractivity contribution >= 4 is 11.6 Å². The Hall–Kier alpha value is -1.51. The molecular weight excluding hydrogens is 284 g/mol. The third-order valence-electron chi connectivity index (χ3n) is 4.14. The lowest BCUT2D eigenvalue weighted by Crippen LogP contribution is -2.32. The number of hydrogen-bond donors (Lipinski definition) is 1. The Labute approximate surface area is 131 Å². The van der Waals surface area contributed by atoms with Crippen LogP contribution in [0.3, 0.4) is 0 Å². The van der Waals surface area contributed by atoms with Crippen LogP contribution in [0, 0.1) is 0 Å². The van der Waals surface area contributed by atoms with Crippen LogP contribution in [0.2, 0.25) is 5.02 Å². The van der Waals surface area contributed by atoms with Gasteiger partial charge in [0.1, 0.15) is 5.75 Å². The van der Waals surface area contributed by atoms with Crippen LogP contribution in [0.25, 0.3) is 0 Å². The summed E-state index contributed by atoms with van der Waals surface area (Å²) in [5, 5.41) is 10.7. The lowest BCUT2D eigenvalue weighted by Gasteiger charge is -2.32. The molecule has 112 valence electrons. The smallest absolute Gasteiger partial charge is 0.122 e. The molecule has 21 heavy (non-hydrogen) atoms. The SMILES string of the molecule is CCC(CO)(Cc1cc(Cl)ccc1OC)c1ccccc1. The second-order valence-corrected chi connectivity index (χ2v) is 5.73. The Morgan fingerprint density at radius 2 is 1.86 bits per heavy atom. The first-order chi connectivity index (χ1) is 10.1. The minimum atomic E-state index is -0.320. The molecule has 1 atom stereocenters. The molecule has 3 heteroatoms. The number of benzene rings is 2. The molecule has 2 aromatic carbocycles. The third-order valence-corrected chi connectivity index (χ3v) is 4.37. The fourth-order valence-electron chi connectivity index (χ4n) is 2.73. The van der Waals surface area contributed by atoms with Crippen LogP contribution < -0.4 is 4.74 Å². The molecule has 0 aromatic heterocycles. The van der Waals surface area contributed by atoms with Gasteiger partial charge in [0.2, 0.25) is 0 Å². The molecule has 1 N–H and O–H groups in total. The molecule has 2 aromatic rings. The van der Waals surface area contributed by atoms with E-state index in [1.165, 1.54) is 0 Å². The molecule has 0 spiro atoms. The largest absolute Gasteiger partial charge is 0.496 e. The fraction of sp³-hybridized carbons (Fsp3) is 0.333. The minimum absolute atomic E-state index is 0.0865. The maximum atomic E-state index is 10.1. The topological polar surface area (TPSA) is 29.5 Å².